The number of fused-ring (bicyclic) bond motifs is 1. The molecule has 27 heavy (non-hydrogen) atoms. The lowest BCUT2D eigenvalue weighted by atomic mass is 10.0. The predicted molar refractivity (Wildman–Crippen MR) is 104 cm³/mol. The molecule has 4 rings (SSSR count). The van der Waals surface area contributed by atoms with E-state index in [-0.39, 0.29) is 5.91 Å². The minimum absolute atomic E-state index is 0.131. The van der Waals surface area contributed by atoms with Crippen molar-refractivity contribution in [2.24, 2.45) is 0 Å². The molecule has 0 bridgehead atoms. The molecule has 0 N–H and O–H groups in total. The summed E-state index contributed by atoms with van der Waals surface area (Å²) in [7, 11) is 0. The van der Waals surface area contributed by atoms with E-state index in [0.29, 0.717) is 5.69 Å². The highest BCUT2D eigenvalue weighted by Gasteiger charge is 2.30. The summed E-state index contributed by atoms with van der Waals surface area (Å²) in [5, 5.41) is 4.79. The fourth-order valence-corrected chi connectivity index (χ4v) is 4.24. The van der Waals surface area contributed by atoms with Gasteiger partial charge in [-0.2, -0.15) is 5.10 Å². The van der Waals surface area contributed by atoms with Crippen LogP contribution in [0.4, 0.5) is 0 Å². The quantitative estimate of drug-likeness (QED) is 0.815. The van der Waals surface area contributed by atoms with Crippen molar-refractivity contribution >= 4 is 5.91 Å². The Morgan fingerprint density at radius 1 is 1.11 bits per heavy atom. The van der Waals surface area contributed by atoms with Gasteiger partial charge in [-0.05, 0) is 43.4 Å². The largest absolute Gasteiger partial charge is 0.337 e. The Morgan fingerprint density at radius 3 is 2.63 bits per heavy atom. The van der Waals surface area contributed by atoms with Crippen LogP contribution in [0.15, 0.2) is 24.5 Å². The van der Waals surface area contributed by atoms with Crippen LogP contribution in [0, 0.1) is 0 Å². The molecule has 0 spiro atoms. The van der Waals surface area contributed by atoms with Gasteiger partial charge in [-0.1, -0.05) is 6.92 Å². The molecule has 1 amide bonds. The monoisotopic (exact) mass is 367 g/mol. The average Bonchev–Trinajstić information content (AvgIpc) is 3.07. The molecule has 0 radical (unpaired) electrons. The van der Waals surface area contributed by atoms with Crippen molar-refractivity contribution in [3.8, 4) is 0 Å². The molecule has 2 aliphatic rings. The Balaban J connectivity index is 1.58. The second-order valence-corrected chi connectivity index (χ2v) is 7.67. The number of likely N-dealkylation sites (tertiary alicyclic amines) is 1. The number of piperidine rings is 1. The maximum absolute atomic E-state index is 13.2. The molecular formula is C21H29N5O. The van der Waals surface area contributed by atoms with Crippen LogP contribution in [0.3, 0.4) is 0 Å². The first-order valence-corrected chi connectivity index (χ1v) is 10.3. The van der Waals surface area contributed by atoms with Crippen LogP contribution in [0.1, 0.15) is 59.9 Å². The summed E-state index contributed by atoms with van der Waals surface area (Å²) in [5.41, 5.74) is 4.38. The number of aromatic nitrogens is 3. The SMILES string of the molecule is CCCn1nc(C(=O)N2CCCCC2)c2c1CCN(Cc1ccncc1)C2. The van der Waals surface area contributed by atoms with Crippen molar-refractivity contribution < 1.29 is 4.79 Å². The molecule has 4 heterocycles. The summed E-state index contributed by atoms with van der Waals surface area (Å²) >= 11 is 0. The van der Waals surface area contributed by atoms with Gasteiger partial charge in [-0.3, -0.25) is 19.4 Å². The second kappa shape index (κ2) is 8.21. The first kappa shape index (κ1) is 18.2. The number of hydrogen-bond donors (Lipinski definition) is 0. The molecule has 1 saturated heterocycles. The average molecular weight is 367 g/mol. The van der Waals surface area contributed by atoms with Gasteiger partial charge in [-0.15, -0.1) is 0 Å². The number of pyridine rings is 1. The number of carbonyl (C=O) groups is 1. The maximum Gasteiger partial charge on any atom is 0.274 e. The van der Waals surface area contributed by atoms with Gasteiger partial charge >= 0.3 is 0 Å². The molecule has 0 aliphatic carbocycles. The molecule has 0 unspecified atom stereocenters. The topological polar surface area (TPSA) is 54.3 Å². The summed E-state index contributed by atoms with van der Waals surface area (Å²) in [6.45, 7) is 7.49. The number of amides is 1. The summed E-state index contributed by atoms with van der Waals surface area (Å²) < 4.78 is 2.09. The van der Waals surface area contributed by atoms with E-state index in [1.807, 2.05) is 17.3 Å². The van der Waals surface area contributed by atoms with Crippen LogP contribution in [0.5, 0.6) is 0 Å². The van der Waals surface area contributed by atoms with E-state index in [4.69, 9.17) is 5.10 Å². The number of hydrogen-bond acceptors (Lipinski definition) is 4. The Morgan fingerprint density at radius 2 is 1.89 bits per heavy atom. The molecule has 2 aromatic rings. The number of aryl methyl sites for hydroxylation is 1. The van der Waals surface area contributed by atoms with Gasteiger partial charge < -0.3 is 4.90 Å². The van der Waals surface area contributed by atoms with Gasteiger partial charge in [0.15, 0.2) is 5.69 Å². The predicted octanol–water partition coefficient (Wildman–Crippen LogP) is 2.87. The highest BCUT2D eigenvalue weighted by molar-refractivity contribution is 5.94. The van der Waals surface area contributed by atoms with Crippen molar-refractivity contribution in [3.05, 3.63) is 47.0 Å². The van der Waals surface area contributed by atoms with E-state index >= 15 is 0 Å². The Labute approximate surface area is 161 Å². The van der Waals surface area contributed by atoms with E-state index in [1.54, 1.807) is 0 Å². The lowest BCUT2D eigenvalue weighted by Gasteiger charge is -2.29. The fraction of sp³-hybridized carbons (Fsp3) is 0.571. The maximum atomic E-state index is 13.2. The van der Waals surface area contributed by atoms with E-state index < -0.39 is 0 Å². The second-order valence-electron chi connectivity index (χ2n) is 7.67. The third-order valence-electron chi connectivity index (χ3n) is 5.65. The van der Waals surface area contributed by atoms with Crippen LogP contribution in [0.25, 0.3) is 0 Å². The van der Waals surface area contributed by atoms with Gasteiger partial charge in [-0.25, -0.2) is 0 Å². The summed E-state index contributed by atoms with van der Waals surface area (Å²) in [5.74, 6) is 0.131. The molecule has 6 nitrogen and oxygen atoms in total. The summed E-state index contributed by atoms with van der Waals surface area (Å²) in [4.78, 5) is 21.7. The first-order chi connectivity index (χ1) is 13.3. The van der Waals surface area contributed by atoms with Crippen molar-refractivity contribution in [2.45, 2.75) is 58.7 Å². The molecule has 0 aromatic carbocycles. The van der Waals surface area contributed by atoms with Crippen molar-refractivity contribution in [1.82, 2.24) is 24.6 Å². The van der Waals surface area contributed by atoms with Crippen LogP contribution in [0.2, 0.25) is 0 Å². The number of nitrogens with zero attached hydrogens (tertiary/aromatic N) is 5. The van der Waals surface area contributed by atoms with Crippen molar-refractivity contribution in [1.29, 1.82) is 0 Å². The number of carbonyl (C=O) groups excluding carboxylic acids is 1. The first-order valence-electron chi connectivity index (χ1n) is 10.3. The van der Waals surface area contributed by atoms with Crippen molar-refractivity contribution in [2.75, 3.05) is 19.6 Å². The van der Waals surface area contributed by atoms with E-state index in [1.165, 1.54) is 17.7 Å². The Bertz CT molecular complexity index is 779. The lowest BCUT2D eigenvalue weighted by molar-refractivity contribution is 0.0715. The Kier molecular flexibility index (Phi) is 5.53. The zero-order chi connectivity index (χ0) is 18.6. The summed E-state index contributed by atoms with van der Waals surface area (Å²) in [6.07, 6.45) is 9.12. The van der Waals surface area contributed by atoms with Crippen LogP contribution in [-0.2, 0) is 26.1 Å². The number of rotatable bonds is 5. The molecule has 2 aromatic heterocycles. The summed E-state index contributed by atoms with van der Waals surface area (Å²) in [6, 6.07) is 4.13. The van der Waals surface area contributed by atoms with Crippen molar-refractivity contribution in [3.63, 3.8) is 0 Å². The highest BCUT2D eigenvalue weighted by atomic mass is 16.2. The molecule has 0 atom stereocenters. The van der Waals surface area contributed by atoms with Gasteiger partial charge in [0.05, 0.1) is 0 Å². The van der Waals surface area contributed by atoms with Gasteiger partial charge in [0.25, 0.3) is 5.91 Å². The zero-order valence-corrected chi connectivity index (χ0v) is 16.2. The fourth-order valence-electron chi connectivity index (χ4n) is 4.24. The van der Waals surface area contributed by atoms with E-state index in [0.717, 1.165) is 70.5 Å². The molecule has 144 valence electrons. The molecular weight excluding hydrogens is 338 g/mol. The Hall–Kier alpha value is -2.21. The van der Waals surface area contributed by atoms with Crippen LogP contribution < -0.4 is 0 Å². The van der Waals surface area contributed by atoms with Crippen LogP contribution >= 0.6 is 0 Å². The standard InChI is InChI=1S/C21H29N5O/c1-2-11-26-19-8-14-24(15-17-6-9-22-10-7-17)16-18(19)20(23-26)21(27)25-12-4-3-5-13-25/h6-7,9-10H,2-5,8,11-16H2,1H3. The van der Waals surface area contributed by atoms with E-state index in [2.05, 4.69) is 33.6 Å². The normalized spacial score (nSPS) is 17.7. The highest BCUT2D eigenvalue weighted by Crippen LogP contribution is 2.26. The molecule has 6 heteroatoms. The third kappa shape index (κ3) is 3.90. The van der Waals surface area contributed by atoms with E-state index in [9.17, 15) is 4.79 Å². The molecule has 2 aliphatic heterocycles. The molecule has 0 saturated carbocycles. The van der Waals surface area contributed by atoms with Gasteiger partial charge in [0.2, 0.25) is 0 Å². The molecule has 1 fully saturated rings. The lowest BCUT2D eigenvalue weighted by Crippen LogP contribution is -2.37. The van der Waals surface area contributed by atoms with Crippen LogP contribution in [-0.4, -0.2) is 50.1 Å². The van der Waals surface area contributed by atoms with Gasteiger partial charge in [0.1, 0.15) is 0 Å². The van der Waals surface area contributed by atoms with Gasteiger partial charge in [0, 0.05) is 69.3 Å². The third-order valence-corrected chi connectivity index (χ3v) is 5.65. The minimum Gasteiger partial charge on any atom is -0.337 e. The smallest absolute Gasteiger partial charge is 0.274 e. The minimum atomic E-state index is 0.131. The zero-order valence-electron chi connectivity index (χ0n) is 16.2.